The number of aryl methyl sites for hydroxylation is 1. The maximum atomic E-state index is 8.99. The summed E-state index contributed by atoms with van der Waals surface area (Å²) in [4.78, 5) is 4.63. The molecule has 0 spiro atoms. The van der Waals surface area contributed by atoms with Crippen LogP contribution in [0.25, 0.3) is 16.9 Å². The van der Waals surface area contributed by atoms with Crippen LogP contribution in [0.4, 0.5) is 0 Å². The van der Waals surface area contributed by atoms with E-state index in [0.717, 1.165) is 26.9 Å². The molecule has 1 aromatic carbocycles. The third kappa shape index (κ3) is 2.13. The minimum absolute atomic E-state index is 0.642. The Hall–Kier alpha value is -2.12. The van der Waals surface area contributed by atoms with E-state index in [1.54, 1.807) is 6.20 Å². The van der Waals surface area contributed by atoms with Crippen LogP contribution in [0.5, 0.6) is 0 Å². The van der Waals surface area contributed by atoms with E-state index in [2.05, 4.69) is 27.0 Å². The van der Waals surface area contributed by atoms with E-state index in [9.17, 15) is 0 Å². The second-order valence-corrected chi connectivity index (χ2v) is 5.31. The van der Waals surface area contributed by atoms with Crippen molar-refractivity contribution in [3.8, 4) is 17.3 Å². The number of hydrogen-bond acceptors (Lipinski definition) is 2. The molecule has 2 heterocycles. The predicted octanol–water partition coefficient (Wildman–Crippen LogP) is 3.94. The number of rotatable bonds is 1. The molecule has 0 aliphatic heterocycles. The number of aromatic nitrogens is 2. The van der Waals surface area contributed by atoms with Crippen LogP contribution in [-0.2, 0) is 0 Å². The molecular weight excluding hydrogens is 302 g/mol. The summed E-state index contributed by atoms with van der Waals surface area (Å²) in [6.07, 6.45) is 3.75. The van der Waals surface area contributed by atoms with Gasteiger partial charge in [-0.15, -0.1) is 0 Å². The SMILES string of the molecule is Cc1cc(C#N)cn2cc(-c3cccc(Br)c3)nc12. The summed E-state index contributed by atoms with van der Waals surface area (Å²) in [5, 5.41) is 8.99. The van der Waals surface area contributed by atoms with Gasteiger partial charge in [-0.05, 0) is 30.7 Å². The molecule has 2 aromatic heterocycles. The first-order chi connectivity index (χ1) is 9.17. The van der Waals surface area contributed by atoms with Crippen molar-refractivity contribution in [3.05, 3.63) is 58.3 Å². The lowest BCUT2D eigenvalue weighted by atomic mass is 10.2. The van der Waals surface area contributed by atoms with Gasteiger partial charge < -0.3 is 4.40 Å². The van der Waals surface area contributed by atoms with Crippen LogP contribution in [0.15, 0.2) is 47.2 Å². The minimum atomic E-state index is 0.642. The third-order valence-corrected chi connectivity index (χ3v) is 3.48. The molecule has 92 valence electrons. The molecule has 0 aliphatic carbocycles. The van der Waals surface area contributed by atoms with Gasteiger partial charge in [-0.2, -0.15) is 5.26 Å². The van der Waals surface area contributed by atoms with E-state index in [-0.39, 0.29) is 0 Å². The van der Waals surface area contributed by atoms with Crippen LogP contribution in [0.2, 0.25) is 0 Å². The van der Waals surface area contributed by atoms with Crippen LogP contribution in [0.1, 0.15) is 11.1 Å². The van der Waals surface area contributed by atoms with E-state index in [0.29, 0.717) is 5.56 Å². The van der Waals surface area contributed by atoms with Crippen LogP contribution in [0, 0.1) is 18.3 Å². The number of pyridine rings is 1. The molecule has 0 unspecified atom stereocenters. The summed E-state index contributed by atoms with van der Waals surface area (Å²) in [6.45, 7) is 1.97. The Bertz CT molecular complexity index is 812. The molecule has 3 rings (SSSR count). The second kappa shape index (κ2) is 4.52. The molecule has 0 N–H and O–H groups in total. The summed E-state index contributed by atoms with van der Waals surface area (Å²) in [5.74, 6) is 0. The molecule has 0 bridgehead atoms. The maximum Gasteiger partial charge on any atom is 0.140 e. The standard InChI is InChI=1S/C15H10BrN3/c1-10-5-11(7-17)8-19-9-14(18-15(10)19)12-3-2-4-13(16)6-12/h2-6,8-9H,1H3. The Morgan fingerprint density at radius 1 is 1.26 bits per heavy atom. The molecule has 0 saturated heterocycles. The first kappa shape index (κ1) is 11.9. The van der Waals surface area contributed by atoms with Crippen molar-refractivity contribution in [3.63, 3.8) is 0 Å². The quantitative estimate of drug-likeness (QED) is 0.683. The highest BCUT2D eigenvalue weighted by Gasteiger charge is 2.08. The van der Waals surface area contributed by atoms with Gasteiger partial charge in [-0.3, -0.25) is 0 Å². The van der Waals surface area contributed by atoms with Crippen molar-refractivity contribution in [2.45, 2.75) is 6.92 Å². The smallest absolute Gasteiger partial charge is 0.140 e. The van der Waals surface area contributed by atoms with Gasteiger partial charge in [0.2, 0.25) is 0 Å². The number of nitrogens with zero attached hydrogens (tertiary/aromatic N) is 3. The first-order valence-electron chi connectivity index (χ1n) is 5.83. The normalized spacial score (nSPS) is 10.6. The highest BCUT2D eigenvalue weighted by atomic mass is 79.9. The molecule has 19 heavy (non-hydrogen) atoms. The molecule has 4 heteroatoms. The summed E-state index contributed by atoms with van der Waals surface area (Å²) in [7, 11) is 0. The Labute approximate surface area is 119 Å². The van der Waals surface area contributed by atoms with E-state index in [4.69, 9.17) is 5.26 Å². The lowest BCUT2D eigenvalue weighted by molar-refractivity contribution is 1.15. The van der Waals surface area contributed by atoms with Gasteiger partial charge in [0.25, 0.3) is 0 Å². The Balaban J connectivity index is 2.22. The maximum absolute atomic E-state index is 8.99. The number of nitriles is 1. The summed E-state index contributed by atoms with van der Waals surface area (Å²) >= 11 is 3.46. The zero-order valence-electron chi connectivity index (χ0n) is 10.3. The fourth-order valence-electron chi connectivity index (χ4n) is 2.12. The fourth-order valence-corrected chi connectivity index (χ4v) is 2.52. The second-order valence-electron chi connectivity index (χ2n) is 4.39. The van der Waals surface area contributed by atoms with Crippen molar-refractivity contribution >= 4 is 21.6 Å². The van der Waals surface area contributed by atoms with E-state index in [1.165, 1.54) is 0 Å². The average molecular weight is 312 g/mol. The molecule has 0 saturated carbocycles. The largest absolute Gasteiger partial charge is 0.305 e. The summed E-state index contributed by atoms with van der Waals surface area (Å²) in [6, 6.07) is 12.0. The highest BCUT2D eigenvalue weighted by Crippen LogP contribution is 2.24. The minimum Gasteiger partial charge on any atom is -0.305 e. The van der Waals surface area contributed by atoms with Gasteiger partial charge >= 0.3 is 0 Å². The van der Waals surface area contributed by atoms with Crippen molar-refractivity contribution in [1.82, 2.24) is 9.38 Å². The van der Waals surface area contributed by atoms with Gasteiger partial charge in [0.15, 0.2) is 0 Å². The van der Waals surface area contributed by atoms with Gasteiger partial charge in [0, 0.05) is 22.4 Å². The van der Waals surface area contributed by atoms with E-state index < -0.39 is 0 Å². The lowest BCUT2D eigenvalue weighted by Crippen LogP contribution is -1.88. The monoisotopic (exact) mass is 311 g/mol. The average Bonchev–Trinajstić information content (AvgIpc) is 2.83. The van der Waals surface area contributed by atoms with Crippen molar-refractivity contribution in [2.24, 2.45) is 0 Å². The highest BCUT2D eigenvalue weighted by molar-refractivity contribution is 9.10. The Morgan fingerprint density at radius 2 is 2.11 bits per heavy atom. The topological polar surface area (TPSA) is 41.1 Å². The number of imidazole rings is 1. The van der Waals surface area contributed by atoms with Crippen molar-refractivity contribution in [2.75, 3.05) is 0 Å². The Kier molecular flexibility index (Phi) is 2.84. The van der Waals surface area contributed by atoms with Gasteiger partial charge in [-0.1, -0.05) is 28.1 Å². The van der Waals surface area contributed by atoms with Gasteiger partial charge in [0.05, 0.1) is 11.3 Å². The van der Waals surface area contributed by atoms with Crippen LogP contribution >= 0.6 is 15.9 Å². The molecular formula is C15H10BrN3. The molecule has 3 aromatic rings. The third-order valence-electron chi connectivity index (χ3n) is 2.98. The zero-order chi connectivity index (χ0) is 13.4. The van der Waals surface area contributed by atoms with Crippen LogP contribution in [0.3, 0.4) is 0 Å². The Morgan fingerprint density at radius 3 is 2.84 bits per heavy atom. The lowest BCUT2D eigenvalue weighted by Gasteiger charge is -1.97. The number of halogens is 1. The van der Waals surface area contributed by atoms with E-state index >= 15 is 0 Å². The number of hydrogen-bond donors (Lipinski definition) is 0. The number of fused-ring (bicyclic) bond motifs is 1. The molecule has 0 radical (unpaired) electrons. The zero-order valence-corrected chi connectivity index (χ0v) is 11.8. The molecule has 0 fully saturated rings. The molecule has 0 atom stereocenters. The van der Waals surface area contributed by atoms with Gasteiger partial charge in [0.1, 0.15) is 11.7 Å². The van der Waals surface area contributed by atoms with Gasteiger partial charge in [-0.25, -0.2) is 4.98 Å². The van der Waals surface area contributed by atoms with Crippen molar-refractivity contribution < 1.29 is 0 Å². The van der Waals surface area contributed by atoms with Crippen LogP contribution in [-0.4, -0.2) is 9.38 Å². The molecule has 3 nitrogen and oxygen atoms in total. The fraction of sp³-hybridized carbons (Fsp3) is 0.0667. The summed E-state index contributed by atoms with van der Waals surface area (Å²) < 4.78 is 2.93. The molecule has 0 amide bonds. The van der Waals surface area contributed by atoms with E-state index in [1.807, 2.05) is 47.9 Å². The summed E-state index contributed by atoms with van der Waals surface area (Å²) in [5.41, 5.74) is 4.48. The first-order valence-corrected chi connectivity index (χ1v) is 6.62. The molecule has 0 aliphatic rings. The van der Waals surface area contributed by atoms with Crippen LogP contribution < -0.4 is 0 Å². The predicted molar refractivity (Wildman–Crippen MR) is 77.8 cm³/mol. The van der Waals surface area contributed by atoms with Crippen molar-refractivity contribution in [1.29, 1.82) is 5.26 Å². The number of benzene rings is 1.